The van der Waals surface area contributed by atoms with E-state index in [9.17, 15) is 13.2 Å². The molecule has 1 N–H and O–H groups in total. The van der Waals surface area contributed by atoms with E-state index in [0.29, 0.717) is 18.9 Å². The van der Waals surface area contributed by atoms with Crippen LogP contribution in [-0.4, -0.2) is 41.5 Å². The molecule has 1 aliphatic carbocycles. The molecule has 144 valence electrons. The van der Waals surface area contributed by atoms with Crippen LogP contribution in [0.4, 0.5) is 0 Å². The number of hydrogen-bond acceptors (Lipinski definition) is 4. The highest BCUT2D eigenvalue weighted by Crippen LogP contribution is 2.32. The van der Waals surface area contributed by atoms with Crippen molar-refractivity contribution in [3.8, 4) is 0 Å². The molecule has 0 bridgehead atoms. The molecule has 0 radical (unpaired) electrons. The van der Waals surface area contributed by atoms with Crippen LogP contribution in [0.2, 0.25) is 0 Å². The number of carbonyl (C=O) groups excluding carboxylic acids is 1. The van der Waals surface area contributed by atoms with Crippen LogP contribution in [0.15, 0.2) is 41.4 Å². The van der Waals surface area contributed by atoms with Gasteiger partial charge in [0, 0.05) is 25.7 Å². The van der Waals surface area contributed by atoms with Crippen LogP contribution in [0.5, 0.6) is 0 Å². The number of aromatic nitrogens is 2. The summed E-state index contributed by atoms with van der Waals surface area (Å²) >= 11 is 0. The molecule has 1 saturated carbocycles. The van der Waals surface area contributed by atoms with Gasteiger partial charge in [-0.15, -0.1) is 0 Å². The van der Waals surface area contributed by atoms with E-state index in [1.54, 1.807) is 30.5 Å². The minimum absolute atomic E-state index is 0.0321. The zero-order valence-electron chi connectivity index (χ0n) is 15.3. The fourth-order valence-electron chi connectivity index (χ4n) is 3.43. The Morgan fingerprint density at radius 1 is 1.22 bits per heavy atom. The summed E-state index contributed by atoms with van der Waals surface area (Å²) in [6.07, 6.45) is 4.49. The molecule has 1 atom stereocenters. The maximum absolute atomic E-state index is 13.1. The van der Waals surface area contributed by atoms with E-state index >= 15 is 0 Å². The summed E-state index contributed by atoms with van der Waals surface area (Å²) in [7, 11) is -3.60. The third-order valence-electron chi connectivity index (χ3n) is 5.22. The standard InChI is InChI=1S/C19H24N4O3S/c1-14-2-6-18(7-3-14)27(25,26)22-12-16-8-9-21-23(16)17(13-22)11-20-19(24)10-15-4-5-15/h2-3,6-9,15,17H,4-5,10-13H2,1H3,(H,20,24)/t17-/m1/s1. The summed E-state index contributed by atoms with van der Waals surface area (Å²) in [6, 6.07) is 8.50. The van der Waals surface area contributed by atoms with Gasteiger partial charge in [0.2, 0.25) is 15.9 Å². The van der Waals surface area contributed by atoms with E-state index in [0.717, 1.165) is 24.1 Å². The molecule has 0 saturated heterocycles. The van der Waals surface area contributed by atoms with Gasteiger partial charge in [0.1, 0.15) is 0 Å². The van der Waals surface area contributed by atoms with Crippen LogP contribution in [0.1, 0.15) is 36.6 Å². The number of nitrogens with one attached hydrogen (secondary N) is 1. The number of amides is 1. The molecule has 2 aromatic rings. The van der Waals surface area contributed by atoms with E-state index < -0.39 is 10.0 Å². The molecule has 4 rings (SSSR count). The second kappa shape index (κ2) is 7.09. The van der Waals surface area contributed by atoms with Gasteiger partial charge in [-0.2, -0.15) is 9.40 Å². The van der Waals surface area contributed by atoms with E-state index in [2.05, 4.69) is 10.4 Å². The average Bonchev–Trinajstić information content (AvgIpc) is 3.32. The molecular weight excluding hydrogens is 364 g/mol. The summed E-state index contributed by atoms with van der Waals surface area (Å²) in [6.45, 7) is 2.87. The Morgan fingerprint density at radius 3 is 2.67 bits per heavy atom. The van der Waals surface area contributed by atoms with E-state index in [4.69, 9.17) is 0 Å². The molecule has 7 nitrogen and oxygen atoms in total. The van der Waals surface area contributed by atoms with Crippen molar-refractivity contribution in [3.63, 3.8) is 0 Å². The third kappa shape index (κ3) is 3.91. The molecule has 1 amide bonds. The fourth-order valence-corrected chi connectivity index (χ4v) is 4.88. The first-order chi connectivity index (χ1) is 12.9. The average molecular weight is 388 g/mol. The van der Waals surface area contributed by atoms with Crippen molar-refractivity contribution in [1.82, 2.24) is 19.4 Å². The lowest BCUT2D eigenvalue weighted by Crippen LogP contribution is -2.45. The zero-order chi connectivity index (χ0) is 19.0. The van der Waals surface area contributed by atoms with Gasteiger partial charge in [-0.25, -0.2) is 8.42 Å². The normalized spacial score (nSPS) is 20.3. The van der Waals surface area contributed by atoms with Crippen LogP contribution in [0, 0.1) is 12.8 Å². The monoisotopic (exact) mass is 388 g/mol. The van der Waals surface area contributed by atoms with Gasteiger partial charge in [0.25, 0.3) is 0 Å². The second-order valence-corrected chi connectivity index (χ2v) is 9.42. The van der Waals surface area contributed by atoms with E-state index in [1.165, 1.54) is 4.31 Å². The lowest BCUT2D eigenvalue weighted by atomic mass is 10.2. The highest BCUT2D eigenvalue weighted by molar-refractivity contribution is 7.89. The Balaban J connectivity index is 1.51. The maximum Gasteiger partial charge on any atom is 0.243 e. The van der Waals surface area contributed by atoms with Gasteiger partial charge >= 0.3 is 0 Å². The van der Waals surface area contributed by atoms with E-state index in [1.807, 2.05) is 17.7 Å². The number of carbonyl (C=O) groups is 1. The highest BCUT2D eigenvalue weighted by atomic mass is 32.2. The molecule has 27 heavy (non-hydrogen) atoms. The first-order valence-corrected chi connectivity index (χ1v) is 10.7. The van der Waals surface area contributed by atoms with Gasteiger partial charge in [0.15, 0.2) is 0 Å². The number of nitrogens with zero attached hydrogens (tertiary/aromatic N) is 3. The predicted octanol–water partition coefficient (Wildman–Crippen LogP) is 1.85. The lowest BCUT2D eigenvalue weighted by Gasteiger charge is -2.33. The number of fused-ring (bicyclic) bond motifs is 1. The van der Waals surface area contributed by atoms with Crippen molar-refractivity contribution in [2.24, 2.45) is 5.92 Å². The van der Waals surface area contributed by atoms with Gasteiger partial charge in [-0.1, -0.05) is 17.7 Å². The topological polar surface area (TPSA) is 84.3 Å². The molecule has 1 fully saturated rings. The Kier molecular flexibility index (Phi) is 4.77. The van der Waals surface area contributed by atoms with Crippen molar-refractivity contribution in [3.05, 3.63) is 47.8 Å². The predicted molar refractivity (Wildman–Crippen MR) is 100 cm³/mol. The summed E-state index contributed by atoms with van der Waals surface area (Å²) in [5, 5.41) is 7.29. The van der Waals surface area contributed by atoms with Crippen molar-refractivity contribution >= 4 is 15.9 Å². The smallest absolute Gasteiger partial charge is 0.243 e. The summed E-state index contributed by atoms with van der Waals surface area (Å²) in [5.41, 5.74) is 1.85. The Morgan fingerprint density at radius 2 is 1.96 bits per heavy atom. The first-order valence-electron chi connectivity index (χ1n) is 9.29. The molecule has 1 aliphatic heterocycles. The minimum Gasteiger partial charge on any atom is -0.354 e. The number of hydrogen-bond donors (Lipinski definition) is 1. The Bertz CT molecular complexity index is 932. The molecule has 1 aromatic heterocycles. The minimum atomic E-state index is -3.60. The zero-order valence-corrected chi connectivity index (χ0v) is 16.2. The molecule has 0 unspecified atom stereocenters. The fraction of sp³-hybridized carbons (Fsp3) is 0.474. The van der Waals surface area contributed by atoms with Crippen LogP contribution in [-0.2, 0) is 21.4 Å². The van der Waals surface area contributed by atoms with E-state index in [-0.39, 0.29) is 29.9 Å². The van der Waals surface area contributed by atoms with Crippen LogP contribution in [0.3, 0.4) is 0 Å². The molecule has 0 spiro atoms. The quantitative estimate of drug-likeness (QED) is 0.819. The Labute approximate surface area is 159 Å². The van der Waals surface area contributed by atoms with Gasteiger partial charge in [0.05, 0.1) is 23.2 Å². The number of aryl methyl sites for hydroxylation is 1. The van der Waals surface area contributed by atoms with Crippen molar-refractivity contribution in [1.29, 1.82) is 0 Å². The molecule has 2 heterocycles. The number of sulfonamides is 1. The van der Waals surface area contributed by atoms with Gasteiger partial charge < -0.3 is 5.32 Å². The van der Waals surface area contributed by atoms with Crippen molar-refractivity contribution in [2.75, 3.05) is 13.1 Å². The number of rotatable bonds is 6. The largest absolute Gasteiger partial charge is 0.354 e. The molecule has 2 aliphatic rings. The maximum atomic E-state index is 13.1. The van der Waals surface area contributed by atoms with Crippen molar-refractivity contribution < 1.29 is 13.2 Å². The third-order valence-corrected chi connectivity index (χ3v) is 7.04. The molecule has 8 heteroatoms. The lowest BCUT2D eigenvalue weighted by molar-refractivity contribution is -0.121. The van der Waals surface area contributed by atoms with Crippen LogP contribution in [0.25, 0.3) is 0 Å². The summed E-state index contributed by atoms with van der Waals surface area (Å²) in [4.78, 5) is 12.3. The second-order valence-electron chi connectivity index (χ2n) is 7.48. The highest BCUT2D eigenvalue weighted by Gasteiger charge is 2.34. The van der Waals surface area contributed by atoms with Crippen LogP contribution >= 0.6 is 0 Å². The summed E-state index contributed by atoms with van der Waals surface area (Å²) < 4.78 is 29.5. The summed E-state index contributed by atoms with van der Waals surface area (Å²) in [5.74, 6) is 0.555. The van der Waals surface area contributed by atoms with Crippen LogP contribution < -0.4 is 5.32 Å². The SMILES string of the molecule is Cc1ccc(S(=O)(=O)N2Cc3ccnn3[C@H](CNC(=O)CC3CC3)C2)cc1. The first kappa shape index (κ1) is 18.2. The molecule has 1 aromatic carbocycles. The van der Waals surface area contributed by atoms with Gasteiger partial charge in [-0.05, 0) is 43.9 Å². The van der Waals surface area contributed by atoms with Crippen molar-refractivity contribution in [2.45, 2.75) is 43.7 Å². The Hall–Kier alpha value is -2.19. The van der Waals surface area contributed by atoms with Gasteiger partial charge in [-0.3, -0.25) is 9.48 Å². The number of benzene rings is 1. The molecular formula is C19H24N4O3S.